The van der Waals surface area contributed by atoms with E-state index in [0.29, 0.717) is 0 Å². The van der Waals surface area contributed by atoms with Crippen molar-refractivity contribution in [1.82, 2.24) is 5.32 Å². The zero-order valence-corrected chi connectivity index (χ0v) is 8.94. The number of nitrogens with one attached hydrogen (secondary N) is 1. The van der Waals surface area contributed by atoms with Crippen LogP contribution in [0.1, 0.15) is 51.9 Å². The Balaban J connectivity index is 1.61. The Morgan fingerprint density at radius 1 is 1.23 bits per heavy atom. The first-order valence-corrected chi connectivity index (χ1v) is 6.05. The van der Waals surface area contributed by atoms with Crippen LogP contribution in [0.3, 0.4) is 0 Å². The summed E-state index contributed by atoms with van der Waals surface area (Å²) in [6.07, 6.45) is 10.4. The van der Waals surface area contributed by atoms with Gasteiger partial charge in [-0.15, -0.1) is 0 Å². The summed E-state index contributed by atoms with van der Waals surface area (Å²) in [6.45, 7) is 4.74. The van der Waals surface area contributed by atoms with Gasteiger partial charge in [-0.25, -0.2) is 0 Å². The van der Waals surface area contributed by atoms with Crippen molar-refractivity contribution >= 4 is 0 Å². The van der Waals surface area contributed by atoms with Crippen LogP contribution in [0.15, 0.2) is 0 Å². The molecule has 0 amide bonds. The van der Waals surface area contributed by atoms with Gasteiger partial charge in [-0.1, -0.05) is 19.8 Å². The topological polar surface area (TPSA) is 12.0 Å². The second-order valence-corrected chi connectivity index (χ2v) is 5.19. The zero-order chi connectivity index (χ0) is 9.15. The molecule has 1 nitrogen and oxygen atoms in total. The van der Waals surface area contributed by atoms with Crippen LogP contribution >= 0.6 is 0 Å². The number of rotatable bonds is 4. The Morgan fingerprint density at radius 3 is 2.54 bits per heavy atom. The Kier molecular flexibility index (Phi) is 2.92. The van der Waals surface area contributed by atoms with E-state index in [0.717, 1.165) is 11.3 Å². The predicted molar refractivity (Wildman–Crippen MR) is 56.8 cm³/mol. The normalized spacial score (nSPS) is 26.5. The van der Waals surface area contributed by atoms with Gasteiger partial charge in [0.05, 0.1) is 0 Å². The molecule has 13 heavy (non-hydrogen) atoms. The van der Waals surface area contributed by atoms with E-state index in [9.17, 15) is 0 Å². The van der Waals surface area contributed by atoms with Crippen LogP contribution in [0.5, 0.6) is 0 Å². The maximum absolute atomic E-state index is 3.54. The average molecular weight is 181 g/mol. The molecule has 0 radical (unpaired) electrons. The molecule has 0 aromatic carbocycles. The van der Waals surface area contributed by atoms with E-state index < -0.39 is 0 Å². The van der Waals surface area contributed by atoms with Crippen molar-refractivity contribution in [2.75, 3.05) is 13.1 Å². The van der Waals surface area contributed by atoms with E-state index in [4.69, 9.17) is 0 Å². The molecule has 2 saturated carbocycles. The van der Waals surface area contributed by atoms with Crippen LogP contribution in [0, 0.1) is 11.3 Å². The predicted octanol–water partition coefficient (Wildman–Crippen LogP) is 2.96. The molecule has 1 N–H and O–H groups in total. The molecule has 1 heteroatoms. The largest absolute Gasteiger partial charge is 0.316 e. The van der Waals surface area contributed by atoms with Crippen molar-refractivity contribution in [2.45, 2.75) is 51.9 Å². The molecular weight excluding hydrogens is 158 g/mol. The van der Waals surface area contributed by atoms with Gasteiger partial charge >= 0.3 is 0 Å². The third kappa shape index (κ3) is 2.07. The van der Waals surface area contributed by atoms with Crippen LogP contribution < -0.4 is 5.32 Å². The molecule has 0 aromatic heterocycles. The van der Waals surface area contributed by atoms with Crippen LogP contribution in [0.2, 0.25) is 0 Å². The minimum atomic E-state index is 0.846. The zero-order valence-electron chi connectivity index (χ0n) is 8.94. The maximum Gasteiger partial charge on any atom is -0.00201 e. The highest BCUT2D eigenvalue weighted by atomic mass is 14.9. The van der Waals surface area contributed by atoms with Gasteiger partial charge in [0.15, 0.2) is 0 Å². The first kappa shape index (κ1) is 9.51. The minimum absolute atomic E-state index is 0.846. The Morgan fingerprint density at radius 2 is 1.92 bits per heavy atom. The smallest absolute Gasteiger partial charge is 0.00201 e. The highest BCUT2D eigenvalue weighted by Gasteiger charge is 2.44. The first-order valence-electron chi connectivity index (χ1n) is 6.05. The van der Waals surface area contributed by atoms with Gasteiger partial charge in [0, 0.05) is 0 Å². The van der Waals surface area contributed by atoms with Crippen LogP contribution in [-0.4, -0.2) is 13.1 Å². The SMILES string of the molecule is CCCNCC1CC2(CCCC2)C1. The van der Waals surface area contributed by atoms with E-state index in [1.165, 1.54) is 58.0 Å². The molecule has 2 aliphatic carbocycles. The monoisotopic (exact) mass is 181 g/mol. The van der Waals surface area contributed by atoms with E-state index in [1.807, 2.05) is 0 Å². The van der Waals surface area contributed by atoms with Gasteiger partial charge in [-0.3, -0.25) is 0 Å². The highest BCUT2D eigenvalue weighted by Crippen LogP contribution is 2.55. The van der Waals surface area contributed by atoms with Gasteiger partial charge in [-0.2, -0.15) is 0 Å². The fourth-order valence-corrected chi connectivity index (χ4v) is 3.33. The first-order chi connectivity index (χ1) is 6.35. The minimum Gasteiger partial charge on any atom is -0.316 e. The van der Waals surface area contributed by atoms with Gasteiger partial charge < -0.3 is 5.32 Å². The fraction of sp³-hybridized carbons (Fsp3) is 1.00. The molecule has 0 heterocycles. The molecular formula is C12H23N. The van der Waals surface area contributed by atoms with Crippen molar-refractivity contribution in [3.8, 4) is 0 Å². The van der Waals surface area contributed by atoms with E-state index in [1.54, 1.807) is 0 Å². The van der Waals surface area contributed by atoms with Crippen molar-refractivity contribution in [2.24, 2.45) is 11.3 Å². The molecule has 0 saturated heterocycles. The van der Waals surface area contributed by atoms with Crippen molar-refractivity contribution in [3.63, 3.8) is 0 Å². The average Bonchev–Trinajstić information content (AvgIpc) is 2.52. The van der Waals surface area contributed by atoms with E-state index in [2.05, 4.69) is 12.2 Å². The lowest BCUT2D eigenvalue weighted by atomic mass is 9.61. The standard InChI is InChI=1S/C12H23N/c1-2-7-13-10-11-8-12(9-11)5-3-4-6-12/h11,13H,2-10H2,1H3. The van der Waals surface area contributed by atoms with Crippen LogP contribution in [0.4, 0.5) is 0 Å². The van der Waals surface area contributed by atoms with E-state index >= 15 is 0 Å². The molecule has 1 spiro atoms. The molecule has 0 unspecified atom stereocenters. The van der Waals surface area contributed by atoms with Gasteiger partial charge in [0.25, 0.3) is 0 Å². The van der Waals surface area contributed by atoms with Crippen LogP contribution in [-0.2, 0) is 0 Å². The quantitative estimate of drug-likeness (QED) is 0.657. The molecule has 76 valence electrons. The van der Waals surface area contributed by atoms with Crippen LogP contribution in [0.25, 0.3) is 0 Å². The lowest BCUT2D eigenvalue weighted by molar-refractivity contribution is 0.0622. The summed E-state index contributed by atoms with van der Waals surface area (Å²) in [4.78, 5) is 0. The Hall–Kier alpha value is -0.0400. The Bertz CT molecular complexity index is 151. The molecule has 2 aliphatic rings. The van der Waals surface area contributed by atoms with E-state index in [-0.39, 0.29) is 0 Å². The summed E-state index contributed by atoms with van der Waals surface area (Å²) in [5.74, 6) is 1.02. The Labute approximate surface area is 82.3 Å². The molecule has 0 atom stereocenters. The van der Waals surface area contributed by atoms with Crippen molar-refractivity contribution in [1.29, 1.82) is 0 Å². The number of hydrogen-bond donors (Lipinski definition) is 1. The molecule has 0 aliphatic heterocycles. The summed E-state index contributed by atoms with van der Waals surface area (Å²) >= 11 is 0. The summed E-state index contributed by atoms with van der Waals surface area (Å²) in [5.41, 5.74) is 0.846. The molecule has 2 fully saturated rings. The fourth-order valence-electron chi connectivity index (χ4n) is 3.33. The summed E-state index contributed by atoms with van der Waals surface area (Å²) in [5, 5.41) is 3.54. The second kappa shape index (κ2) is 4.00. The molecule has 0 bridgehead atoms. The second-order valence-electron chi connectivity index (χ2n) is 5.19. The van der Waals surface area contributed by atoms with Crippen molar-refractivity contribution in [3.05, 3.63) is 0 Å². The number of hydrogen-bond acceptors (Lipinski definition) is 1. The highest BCUT2D eigenvalue weighted by molar-refractivity contribution is 4.96. The maximum atomic E-state index is 3.54. The third-order valence-electron chi connectivity index (χ3n) is 3.97. The van der Waals surface area contributed by atoms with Gasteiger partial charge in [0.1, 0.15) is 0 Å². The summed E-state index contributed by atoms with van der Waals surface area (Å²) < 4.78 is 0. The van der Waals surface area contributed by atoms with Gasteiger partial charge in [-0.05, 0) is 56.5 Å². The van der Waals surface area contributed by atoms with Crippen molar-refractivity contribution < 1.29 is 0 Å². The lowest BCUT2D eigenvalue weighted by Gasteiger charge is -2.45. The summed E-state index contributed by atoms with van der Waals surface area (Å²) in [6, 6.07) is 0. The van der Waals surface area contributed by atoms with Gasteiger partial charge in [0.2, 0.25) is 0 Å². The molecule has 2 rings (SSSR count). The third-order valence-corrected chi connectivity index (χ3v) is 3.97. The summed E-state index contributed by atoms with van der Waals surface area (Å²) in [7, 11) is 0. The molecule has 0 aromatic rings. The lowest BCUT2D eigenvalue weighted by Crippen LogP contribution is -2.40.